The van der Waals surface area contributed by atoms with Crippen LogP contribution in [-0.4, -0.2) is 38.4 Å². The lowest BCUT2D eigenvalue weighted by Crippen LogP contribution is -2.44. The molecule has 1 aliphatic carbocycles. The van der Waals surface area contributed by atoms with Gasteiger partial charge in [-0.3, -0.25) is 4.84 Å². The van der Waals surface area contributed by atoms with Gasteiger partial charge in [0.15, 0.2) is 0 Å². The molecular formula is C17H23F3N2O3S. The first-order chi connectivity index (χ1) is 12.2. The fourth-order valence-corrected chi connectivity index (χ4v) is 5.47. The SMILES string of the molecule is CN1OCC(S(=O)(=O)NC2CCCCC2)C1c1ccc(C(F)(F)F)cc1. The second kappa shape index (κ2) is 7.46. The van der Waals surface area contributed by atoms with E-state index in [1.54, 1.807) is 7.05 Å². The maximum Gasteiger partial charge on any atom is 0.416 e. The van der Waals surface area contributed by atoms with E-state index in [4.69, 9.17) is 4.84 Å². The van der Waals surface area contributed by atoms with Crippen LogP contribution in [0.5, 0.6) is 0 Å². The number of nitrogens with zero attached hydrogens (tertiary/aromatic N) is 1. The third-order valence-corrected chi connectivity index (χ3v) is 6.95. The Morgan fingerprint density at radius 2 is 1.73 bits per heavy atom. The van der Waals surface area contributed by atoms with Crippen molar-refractivity contribution in [1.29, 1.82) is 0 Å². The van der Waals surface area contributed by atoms with E-state index in [0.29, 0.717) is 5.56 Å². The van der Waals surface area contributed by atoms with Crippen LogP contribution in [0.25, 0.3) is 0 Å². The third-order valence-electron chi connectivity index (χ3n) is 5.10. The average molecular weight is 392 g/mol. The standard InChI is InChI=1S/C17H23F3N2O3S/c1-22-16(12-7-9-13(10-8-12)17(18,19)20)15(11-25-22)26(23,24)21-14-5-3-2-4-6-14/h7-10,14-16,21H,2-6,11H2,1H3. The Hall–Kier alpha value is -1.16. The van der Waals surface area contributed by atoms with Crippen LogP contribution < -0.4 is 4.72 Å². The second-order valence-corrected chi connectivity index (χ2v) is 8.87. The number of rotatable bonds is 4. The van der Waals surface area contributed by atoms with Crippen molar-refractivity contribution in [2.45, 2.75) is 55.6 Å². The van der Waals surface area contributed by atoms with E-state index in [0.717, 1.165) is 44.2 Å². The van der Waals surface area contributed by atoms with Gasteiger partial charge in [-0.2, -0.15) is 18.2 Å². The van der Waals surface area contributed by atoms with E-state index in [-0.39, 0.29) is 12.6 Å². The summed E-state index contributed by atoms with van der Waals surface area (Å²) in [5.74, 6) is 0. The topological polar surface area (TPSA) is 58.6 Å². The van der Waals surface area contributed by atoms with Gasteiger partial charge in [-0.15, -0.1) is 0 Å². The molecule has 2 atom stereocenters. The molecule has 26 heavy (non-hydrogen) atoms. The summed E-state index contributed by atoms with van der Waals surface area (Å²) >= 11 is 0. The monoisotopic (exact) mass is 392 g/mol. The lowest BCUT2D eigenvalue weighted by atomic mass is 9.96. The van der Waals surface area contributed by atoms with Gasteiger partial charge in [-0.05, 0) is 30.5 Å². The Bertz CT molecular complexity index is 716. The highest BCUT2D eigenvalue weighted by Crippen LogP contribution is 2.36. The second-order valence-electron chi connectivity index (χ2n) is 6.94. The minimum Gasteiger partial charge on any atom is -0.297 e. The molecule has 1 aliphatic heterocycles. The molecule has 0 bridgehead atoms. The van der Waals surface area contributed by atoms with Gasteiger partial charge < -0.3 is 0 Å². The highest BCUT2D eigenvalue weighted by Gasteiger charge is 2.44. The predicted molar refractivity (Wildman–Crippen MR) is 90.6 cm³/mol. The van der Waals surface area contributed by atoms with Gasteiger partial charge >= 0.3 is 6.18 Å². The molecule has 9 heteroatoms. The number of alkyl halides is 3. The van der Waals surface area contributed by atoms with E-state index in [9.17, 15) is 21.6 Å². The number of nitrogens with one attached hydrogen (secondary N) is 1. The zero-order chi connectivity index (χ0) is 18.9. The van der Waals surface area contributed by atoms with Gasteiger partial charge in [0, 0.05) is 13.1 Å². The number of hydrogen-bond donors (Lipinski definition) is 1. The Morgan fingerprint density at radius 3 is 2.31 bits per heavy atom. The van der Waals surface area contributed by atoms with Crippen molar-refractivity contribution in [3.8, 4) is 0 Å². The van der Waals surface area contributed by atoms with Crippen molar-refractivity contribution in [2.24, 2.45) is 0 Å². The zero-order valence-corrected chi connectivity index (χ0v) is 15.3. The van der Waals surface area contributed by atoms with Gasteiger partial charge in [0.05, 0.1) is 18.2 Å². The lowest BCUT2D eigenvalue weighted by molar-refractivity contribution is -0.137. The van der Waals surface area contributed by atoms with Crippen molar-refractivity contribution >= 4 is 10.0 Å². The molecular weight excluding hydrogens is 369 g/mol. The largest absolute Gasteiger partial charge is 0.416 e. The van der Waals surface area contributed by atoms with Crippen molar-refractivity contribution in [2.75, 3.05) is 13.7 Å². The van der Waals surface area contributed by atoms with E-state index < -0.39 is 33.1 Å². The van der Waals surface area contributed by atoms with Crippen LogP contribution in [0.4, 0.5) is 13.2 Å². The van der Waals surface area contributed by atoms with Gasteiger partial charge in [0.25, 0.3) is 0 Å². The molecule has 0 spiro atoms. The van der Waals surface area contributed by atoms with E-state index in [1.807, 2.05) is 0 Å². The highest BCUT2D eigenvalue weighted by atomic mass is 32.2. The van der Waals surface area contributed by atoms with Crippen molar-refractivity contribution in [3.63, 3.8) is 0 Å². The van der Waals surface area contributed by atoms with Gasteiger partial charge in [0.1, 0.15) is 5.25 Å². The Labute approximate surface area is 151 Å². The molecule has 0 aromatic heterocycles. The maximum absolute atomic E-state index is 12.9. The first-order valence-corrected chi connectivity index (χ1v) is 10.3. The molecule has 1 N–H and O–H groups in total. The molecule has 5 nitrogen and oxygen atoms in total. The third kappa shape index (κ3) is 4.21. The molecule has 1 saturated carbocycles. The molecule has 3 rings (SSSR count). The number of halogens is 3. The summed E-state index contributed by atoms with van der Waals surface area (Å²) in [6.07, 6.45) is 0.306. The van der Waals surface area contributed by atoms with E-state index in [1.165, 1.54) is 17.2 Å². The Balaban J connectivity index is 1.80. The zero-order valence-electron chi connectivity index (χ0n) is 14.5. The molecule has 1 aromatic carbocycles. The molecule has 2 fully saturated rings. The van der Waals surface area contributed by atoms with Crippen LogP contribution >= 0.6 is 0 Å². The smallest absolute Gasteiger partial charge is 0.297 e. The quantitative estimate of drug-likeness (QED) is 0.855. The van der Waals surface area contributed by atoms with Crippen molar-refractivity contribution < 1.29 is 26.4 Å². The number of hydrogen-bond acceptors (Lipinski definition) is 4. The first kappa shape index (κ1) is 19.6. The average Bonchev–Trinajstić information content (AvgIpc) is 2.97. The molecule has 1 aromatic rings. The summed E-state index contributed by atoms with van der Waals surface area (Å²) in [6, 6.07) is 3.86. The molecule has 0 amide bonds. The van der Waals surface area contributed by atoms with Gasteiger partial charge in [-0.25, -0.2) is 13.1 Å². The summed E-state index contributed by atoms with van der Waals surface area (Å²) in [5.41, 5.74) is -0.278. The van der Waals surface area contributed by atoms with Gasteiger partial charge in [0.2, 0.25) is 10.0 Å². The molecule has 1 heterocycles. The maximum atomic E-state index is 12.9. The summed E-state index contributed by atoms with van der Waals surface area (Å²) in [4.78, 5) is 5.40. The van der Waals surface area contributed by atoms with Gasteiger partial charge in [-0.1, -0.05) is 31.4 Å². The summed E-state index contributed by atoms with van der Waals surface area (Å²) in [6.45, 7) is -0.0236. The molecule has 0 radical (unpaired) electrons. The number of sulfonamides is 1. The number of hydroxylamine groups is 2. The Kier molecular flexibility index (Phi) is 5.62. The number of benzene rings is 1. The summed E-state index contributed by atoms with van der Waals surface area (Å²) < 4.78 is 66.8. The van der Waals surface area contributed by atoms with E-state index in [2.05, 4.69) is 4.72 Å². The minimum atomic E-state index is -4.43. The lowest BCUT2D eigenvalue weighted by Gasteiger charge is -2.27. The Morgan fingerprint density at radius 1 is 1.12 bits per heavy atom. The fourth-order valence-electron chi connectivity index (χ4n) is 3.69. The molecule has 1 saturated heterocycles. The van der Waals surface area contributed by atoms with Crippen LogP contribution in [0.2, 0.25) is 0 Å². The fraction of sp³-hybridized carbons (Fsp3) is 0.647. The molecule has 2 unspecified atom stereocenters. The normalized spacial score (nSPS) is 26.3. The van der Waals surface area contributed by atoms with Crippen LogP contribution in [-0.2, 0) is 21.0 Å². The first-order valence-electron chi connectivity index (χ1n) is 8.72. The van der Waals surface area contributed by atoms with Crippen molar-refractivity contribution in [1.82, 2.24) is 9.79 Å². The van der Waals surface area contributed by atoms with Crippen molar-refractivity contribution in [3.05, 3.63) is 35.4 Å². The summed E-state index contributed by atoms with van der Waals surface area (Å²) in [5, 5.41) is 0.541. The summed E-state index contributed by atoms with van der Waals surface area (Å²) in [7, 11) is -2.07. The van der Waals surface area contributed by atoms with Crippen LogP contribution in [0, 0.1) is 0 Å². The van der Waals surface area contributed by atoms with Crippen LogP contribution in [0.1, 0.15) is 49.3 Å². The minimum absolute atomic E-state index is 0.0236. The molecule has 146 valence electrons. The highest BCUT2D eigenvalue weighted by molar-refractivity contribution is 7.90. The van der Waals surface area contributed by atoms with Crippen LogP contribution in [0.3, 0.4) is 0 Å². The van der Waals surface area contributed by atoms with E-state index >= 15 is 0 Å². The molecule has 2 aliphatic rings. The van der Waals surface area contributed by atoms with Crippen LogP contribution in [0.15, 0.2) is 24.3 Å². The predicted octanol–water partition coefficient (Wildman–Crippen LogP) is 3.24.